The van der Waals surface area contributed by atoms with Crippen LogP contribution in [0.1, 0.15) is 0 Å². The molecule has 0 spiro atoms. The van der Waals surface area contributed by atoms with Crippen molar-refractivity contribution >= 4 is 23.1 Å². The van der Waals surface area contributed by atoms with Gasteiger partial charge >= 0.3 is 0 Å². The summed E-state index contributed by atoms with van der Waals surface area (Å²) in [4.78, 5) is 0. The first kappa shape index (κ1) is 9.19. The summed E-state index contributed by atoms with van der Waals surface area (Å²) in [5.74, 6) is 0. The summed E-state index contributed by atoms with van der Waals surface area (Å²) in [6.07, 6.45) is 0. The Morgan fingerprint density at radius 1 is 1.80 bits per heavy atom. The molecule has 0 atom stereocenters. The first-order valence-electron chi connectivity index (χ1n) is 1.11. The van der Waals surface area contributed by atoms with Gasteiger partial charge < -0.3 is 10.5 Å². The lowest BCUT2D eigenvalue weighted by Crippen LogP contribution is -1.98. The molecule has 0 aliphatic heterocycles. The maximum Gasteiger partial charge on any atom is 0.0936 e. The average molecular weight is 85.4 g/mol. The van der Waals surface area contributed by atoms with Crippen LogP contribution < -0.4 is 5.73 Å². The van der Waals surface area contributed by atoms with Gasteiger partial charge in [0.05, 0.1) is 6.73 Å². The molecule has 0 saturated carbocycles. The lowest BCUT2D eigenvalue weighted by molar-refractivity contribution is 0.207. The minimum atomic E-state index is 0. The molecule has 0 aromatic heterocycles. The number of nitrogens with two attached hydrogens (primary N) is 1. The molecule has 0 aliphatic rings. The van der Waals surface area contributed by atoms with Crippen LogP contribution in [0.25, 0.3) is 0 Å². The molecule has 2 nitrogen and oxygen atoms in total. The molecule has 2 N–H and O–H groups in total. The third kappa shape index (κ3) is 11.9. The topological polar surface area (TPSA) is 35.2 Å². The Bertz CT molecular complexity index is 11.6. The van der Waals surface area contributed by atoms with E-state index in [1.165, 1.54) is 0 Å². The van der Waals surface area contributed by atoms with Crippen molar-refractivity contribution < 1.29 is 4.74 Å². The lowest BCUT2D eigenvalue weighted by atomic mass is 11.3. The van der Waals surface area contributed by atoms with E-state index in [4.69, 9.17) is 5.73 Å². The lowest BCUT2D eigenvalue weighted by Gasteiger charge is -1.77. The van der Waals surface area contributed by atoms with E-state index in [0.717, 1.165) is 0 Å². The highest BCUT2D eigenvalue weighted by molar-refractivity contribution is 5.75. The molecule has 0 aromatic rings. The van der Waals surface area contributed by atoms with Crippen LogP contribution in [0.5, 0.6) is 0 Å². The maximum absolute atomic E-state index is 4.81. The molecular weight excluding hydrogens is 78.3 g/mol. The standard InChI is InChI=1S/C2H7NO.Mg/c1-4-2-3;/h2-3H2,1H3;. The van der Waals surface area contributed by atoms with Gasteiger partial charge in [-0.05, 0) is 0 Å². The van der Waals surface area contributed by atoms with Crippen LogP contribution in [-0.4, -0.2) is 36.9 Å². The SMILES string of the molecule is COCN.[Mg]. The predicted molar refractivity (Wildman–Crippen MR) is 21.8 cm³/mol. The minimum absolute atomic E-state index is 0. The summed E-state index contributed by atoms with van der Waals surface area (Å²) in [5, 5.41) is 0. The number of hydrogen-bond donors (Lipinski definition) is 1. The van der Waals surface area contributed by atoms with E-state index in [1.807, 2.05) is 0 Å². The Labute approximate surface area is 47.8 Å². The fourth-order valence-electron chi connectivity index (χ4n) is 0. The fraction of sp³-hybridized carbons (Fsp3) is 1.00. The zero-order valence-corrected chi connectivity index (χ0v) is 4.81. The van der Waals surface area contributed by atoms with E-state index in [2.05, 4.69) is 4.74 Å². The Morgan fingerprint density at radius 2 is 2.00 bits per heavy atom. The highest BCUT2D eigenvalue weighted by atomic mass is 24.3. The molecular formula is C2H7MgNO. The van der Waals surface area contributed by atoms with Crippen LogP contribution in [0.2, 0.25) is 0 Å². The molecule has 0 aromatic carbocycles. The van der Waals surface area contributed by atoms with Crippen molar-refractivity contribution in [2.45, 2.75) is 0 Å². The van der Waals surface area contributed by atoms with Gasteiger partial charge in [0, 0.05) is 30.2 Å². The number of methoxy groups -OCH3 is 1. The third-order valence-corrected chi connectivity index (χ3v) is 0.167. The minimum Gasteiger partial charge on any atom is -0.370 e. The second-order valence-electron chi connectivity index (χ2n) is 0.455. The van der Waals surface area contributed by atoms with Crippen LogP contribution in [0.15, 0.2) is 0 Å². The summed E-state index contributed by atoms with van der Waals surface area (Å²) >= 11 is 0. The normalized spacial score (nSPS) is 6.00. The Morgan fingerprint density at radius 3 is 2.00 bits per heavy atom. The molecule has 0 unspecified atom stereocenters. The van der Waals surface area contributed by atoms with Gasteiger partial charge in [-0.15, -0.1) is 0 Å². The second-order valence-corrected chi connectivity index (χ2v) is 0.455. The number of hydrogen-bond acceptors (Lipinski definition) is 2. The molecule has 3 heteroatoms. The summed E-state index contributed by atoms with van der Waals surface area (Å²) in [6, 6.07) is 0. The highest BCUT2D eigenvalue weighted by Gasteiger charge is 1.50. The van der Waals surface area contributed by atoms with Crippen molar-refractivity contribution in [3.63, 3.8) is 0 Å². The van der Waals surface area contributed by atoms with Crippen LogP contribution in [0, 0.1) is 0 Å². The first-order valence-corrected chi connectivity index (χ1v) is 1.11. The second kappa shape index (κ2) is 8.82. The molecule has 0 rings (SSSR count). The van der Waals surface area contributed by atoms with Crippen molar-refractivity contribution in [3.05, 3.63) is 0 Å². The number of rotatable bonds is 1. The largest absolute Gasteiger partial charge is 0.370 e. The molecule has 0 aliphatic carbocycles. The molecule has 0 heterocycles. The van der Waals surface area contributed by atoms with E-state index in [-0.39, 0.29) is 23.1 Å². The van der Waals surface area contributed by atoms with Crippen LogP contribution >= 0.6 is 0 Å². The first-order chi connectivity index (χ1) is 1.91. The van der Waals surface area contributed by atoms with Gasteiger partial charge in [-0.2, -0.15) is 0 Å². The van der Waals surface area contributed by atoms with Crippen molar-refractivity contribution in [1.82, 2.24) is 0 Å². The van der Waals surface area contributed by atoms with Crippen LogP contribution in [-0.2, 0) is 4.74 Å². The van der Waals surface area contributed by atoms with E-state index < -0.39 is 0 Å². The maximum atomic E-state index is 4.81. The van der Waals surface area contributed by atoms with Gasteiger partial charge in [0.15, 0.2) is 0 Å². The van der Waals surface area contributed by atoms with E-state index in [1.54, 1.807) is 7.11 Å². The molecule has 5 heavy (non-hydrogen) atoms. The predicted octanol–water partition coefficient (Wildman–Crippen LogP) is -0.832. The third-order valence-electron chi connectivity index (χ3n) is 0.167. The van der Waals surface area contributed by atoms with Crippen molar-refractivity contribution in [3.8, 4) is 0 Å². The smallest absolute Gasteiger partial charge is 0.0936 e. The van der Waals surface area contributed by atoms with Gasteiger partial charge in [-0.3, -0.25) is 0 Å². The average Bonchev–Trinajstić information content (AvgIpc) is 1.37. The molecule has 28 valence electrons. The summed E-state index contributed by atoms with van der Waals surface area (Å²) in [5.41, 5.74) is 4.81. The summed E-state index contributed by atoms with van der Waals surface area (Å²) in [7, 11) is 1.56. The Balaban J connectivity index is 0. The van der Waals surface area contributed by atoms with E-state index in [9.17, 15) is 0 Å². The quantitative estimate of drug-likeness (QED) is 0.333. The van der Waals surface area contributed by atoms with E-state index in [0.29, 0.717) is 6.73 Å². The molecule has 0 amide bonds. The van der Waals surface area contributed by atoms with Gasteiger partial charge in [0.25, 0.3) is 0 Å². The van der Waals surface area contributed by atoms with Gasteiger partial charge in [-0.1, -0.05) is 0 Å². The van der Waals surface area contributed by atoms with Crippen molar-refractivity contribution in [1.29, 1.82) is 0 Å². The number of ether oxygens (including phenoxy) is 1. The summed E-state index contributed by atoms with van der Waals surface area (Å²) < 4.78 is 4.32. The zero-order chi connectivity index (χ0) is 3.41. The van der Waals surface area contributed by atoms with Crippen molar-refractivity contribution in [2.24, 2.45) is 5.73 Å². The van der Waals surface area contributed by atoms with Gasteiger partial charge in [0.2, 0.25) is 0 Å². The summed E-state index contributed by atoms with van der Waals surface area (Å²) in [6.45, 7) is 0.319. The molecule has 0 fully saturated rings. The monoisotopic (exact) mass is 85.0 g/mol. The van der Waals surface area contributed by atoms with E-state index >= 15 is 0 Å². The van der Waals surface area contributed by atoms with Gasteiger partial charge in [-0.25, -0.2) is 0 Å². The van der Waals surface area contributed by atoms with Crippen molar-refractivity contribution in [2.75, 3.05) is 13.8 Å². The highest BCUT2D eigenvalue weighted by Crippen LogP contribution is 1.40. The van der Waals surface area contributed by atoms with Crippen LogP contribution in [0.4, 0.5) is 0 Å². The molecule has 0 saturated heterocycles. The molecule has 0 bridgehead atoms. The van der Waals surface area contributed by atoms with Gasteiger partial charge in [0.1, 0.15) is 0 Å². The van der Waals surface area contributed by atoms with Crippen LogP contribution in [0.3, 0.4) is 0 Å². The Kier molecular flexibility index (Phi) is 16.2. The Hall–Kier alpha value is 0.686. The molecule has 2 radical (unpaired) electrons. The zero-order valence-electron chi connectivity index (χ0n) is 3.40. The fourth-order valence-corrected chi connectivity index (χ4v) is 0.